The van der Waals surface area contributed by atoms with E-state index in [0.717, 1.165) is 35.6 Å². The minimum absolute atomic E-state index is 0.698. The molecule has 0 radical (unpaired) electrons. The quantitative estimate of drug-likeness (QED) is 0.832. The standard InChI is InChI=1S/C16H20BrN3O/c1-20(10-12-3-2-4-13(17)7-12)11-16-8-15(19-21-16)9-18-14-5-6-14/h2-4,7-8,14,18H,5-6,9-11H2,1H3. The first-order chi connectivity index (χ1) is 10.2. The molecule has 0 spiro atoms. The summed E-state index contributed by atoms with van der Waals surface area (Å²) < 4.78 is 6.52. The van der Waals surface area contributed by atoms with E-state index >= 15 is 0 Å². The van der Waals surface area contributed by atoms with Crippen molar-refractivity contribution in [3.63, 3.8) is 0 Å². The Morgan fingerprint density at radius 3 is 2.95 bits per heavy atom. The minimum Gasteiger partial charge on any atom is -0.360 e. The van der Waals surface area contributed by atoms with Gasteiger partial charge in [-0.3, -0.25) is 4.90 Å². The number of aromatic nitrogens is 1. The van der Waals surface area contributed by atoms with E-state index in [-0.39, 0.29) is 0 Å². The number of hydrogen-bond acceptors (Lipinski definition) is 4. The fourth-order valence-corrected chi connectivity index (χ4v) is 2.77. The number of benzene rings is 1. The molecule has 1 heterocycles. The third kappa shape index (κ3) is 4.66. The summed E-state index contributed by atoms with van der Waals surface area (Å²) in [6.07, 6.45) is 2.58. The van der Waals surface area contributed by atoms with Gasteiger partial charge in [0.2, 0.25) is 0 Å². The second-order valence-corrected chi connectivity index (χ2v) is 6.66. The number of halogens is 1. The van der Waals surface area contributed by atoms with E-state index in [1.54, 1.807) is 0 Å². The first-order valence-corrected chi connectivity index (χ1v) is 8.09. The number of nitrogens with one attached hydrogen (secondary N) is 1. The highest BCUT2D eigenvalue weighted by Gasteiger charge is 2.20. The van der Waals surface area contributed by atoms with Gasteiger partial charge in [0.25, 0.3) is 0 Å². The number of hydrogen-bond donors (Lipinski definition) is 1. The van der Waals surface area contributed by atoms with Crippen molar-refractivity contribution in [1.82, 2.24) is 15.4 Å². The summed E-state index contributed by atoms with van der Waals surface area (Å²) in [6, 6.07) is 11.1. The average Bonchev–Trinajstić information content (AvgIpc) is 3.17. The molecule has 2 aromatic rings. The predicted octanol–water partition coefficient (Wildman–Crippen LogP) is 3.32. The van der Waals surface area contributed by atoms with E-state index in [0.29, 0.717) is 6.04 Å². The van der Waals surface area contributed by atoms with Crippen LogP contribution in [-0.2, 0) is 19.6 Å². The smallest absolute Gasteiger partial charge is 0.151 e. The number of nitrogens with zero attached hydrogens (tertiary/aromatic N) is 2. The van der Waals surface area contributed by atoms with Gasteiger partial charge >= 0.3 is 0 Å². The molecular weight excluding hydrogens is 330 g/mol. The Bertz CT molecular complexity index is 595. The Balaban J connectivity index is 1.50. The van der Waals surface area contributed by atoms with Gasteiger partial charge in [-0.2, -0.15) is 0 Å². The Morgan fingerprint density at radius 1 is 1.33 bits per heavy atom. The Labute approximate surface area is 133 Å². The molecule has 1 aromatic carbocycles. The van der Waals surface area contributed by atoms with Crippen molar-refractivity contribution in [2.24, 2.45) is 0 Å². The highest BCUT2D eigenvalue weighted by molar-refractivity contribution is 9.10. The van der Waals surface area contributed by atoms with E-state index in [4.69, 9.17) is 4.52 Å². The molecule has 0 bridgehead atoms. The lowest BCUT2D eigenvalue weighted by Gasteiger charge is -2.14. The first kappa shape index (κ1) is 14.8. The van der Waals surface area contributed by atoms with Crippen molar-refractivity contribution in [3.8, 4) is 0 Å². The molecule has 3 rings (SSSR count). The van der Waals surface area contributed by atoms with Crippen molar-refractivity contribution >= 4 is 15.9 Å². The molecule has 5 heteroatoms. The van der Waals surface area contributed by atoms with Crippen LogP contribution in [-0.4, -0.2) is 23.1 Å². The maximum atomic E-state index is 5.41. The van der Waals surface area contributed by atoms with Crippen LogP contribution >= 0.6 is 15.9 Å². The van der Waals surface area contributed by atoms with Crippen LogP contribution in [0.4, 0.5) is 0 Å². The molecule has 0 amide bonds. The molecule has 21 heavy (non-hydrogen) atoms. The van der Waals surface area contributed by atoms with Gasteiger partial charge in [0.1, 0.15) is 0 Å². The highest BCUT2D eigenvalue weighted by atomic mass is 79.9. The SMILES string of the molecule is CN(Cc1cccc(Br)c1)Cc1cc(CNC2CC2)no1. The van der Waals surface area contributed by atoms with Crippen LogP contribution in [0.15, 0.2) is 39.3 Å². The number of rotatable bonds is 7. The average molecular weight is 350 g/mol. The maximum Gasteiger partial charge on any atom is 0.151 e. The molecular formula is C16H20BrN3O. The maximum absolute atomic E-state index is 5.41. The first-order valence-electron chi connectivity index (χ1n) is 7.30. The van der Waals surface area contributed by atoms with Crippen molar-refractivity contribution in [1.29, 1.82) is 0 Å². The molecule has 1 saturated carbocycles. The van der Waals surface area contributed by atoms with Crippen molar-refractivity contribution in [2.75, 3.05) is 7.05 Å². The van der Waals surface area contributed by atoms with Crippen LogP contribution in [0, 0.1) is 0 Å². The van der Waals surface area contributed by atoms with Gasteiger partial charge in [0, 0.05) is 29.7 Å². The molecule has 1 aliphatic rings. The van der Waals surface area contributed by atoms with Gasteiger partial charge in [-0.1, -0.05) is 33.2 Å². The fourth-order valence-electron chi connectivity index (χ4n) is 2.32. The van der Waals surface area contributed by atoms with Gasteiger partial charge < -0.3 is 9.84 Å². The largest absolute Gasteiger partial charge is 0.360 e. The molecule has 1 N–H and O–H groups in total. The Kier molecular flexibility index (Phi) is 4.73. The monoisotopic (exact) mass is 349 g/mol. The molecule has 0 atom stereocenters. The lowest BCUT2D eigenvalue weighted by atomic mass is 10.2. The third-order valence-corrected chi connectivity index (χ3v) is 4.02. The zero-order valence-corrected chi connectivity index (χ0v) is 13.8. The molecule has 1 aromatic heterocycles. The second kappa shape index (κ2) is 6.73. The predicted molar refractivity (Wildman–Crippen MR) is 85.7 cm³/mol. The Hall–Kier alpha value is -1.17. The van der Waals surface area contributed by atoms with Gasteiger partial charge in [-0.05, 0) is 37.6 Å². The van der Waals surface area contributed by atoms with Crippen molar-refractivity contribution in [2.45, 2.75) is 38.5 Å². The molecule has 112 valence electrons. The van der Waals surface area contributed by atoms with Crippen molar-refractivity contribution in [3.05, 3.63) is 51.8 Å². The molecule has 0 aliphatic heterocycles. The molecule has 0 saturated heterocycles. The molecule has 4 nitrogen and oxygen atoms in total. The minimum atomic E-state index is 0.698. The van der Waals surface area contributed by atoms with Crippen LogP contribution in [0.3, 0.4) is 0 Å². The van der Waals surface area contributed by atoms with Crippen LogP contribution < -0.4 is 5.32 Å². The van der Waals surface area contributed by atoms with E-state index in [9.17, 15) is 0 Å². The van der Waals surface area contributed by atoms with E-state index in [1.807, 2.05) is 12.1 Å². The molecule has 1 aliphatic carbocycles. The highest BCUT2D eigenvalue weighted by Crippen LogP contribution is 2.19. The van der Waals surface area contributed by atoms with E-state index < -0.39 is 0 Å². The van der Waals surface area contributed by atoms with Crippen LogP contribution in [0.5, 0.6) is 0 Å². The van der Waals surface area contributed by atoms with Gasteiger partial charge in [0.05, 0.1) is 12.2 Å². The van der Waals surface area contributed by atoms with Crippen molar-refractivity contribution < 1.29 is 4.52 Å². The van der Waals surface area contributed by atoms with Gasteiger partial charge in [-0.15, -0.1) is 0 Å². The zero-order valence-electron chi connectivity index (χ0n) is 12.2. The van der Waals surface area contributed by atoms with E-state index in [1.165, 1.54) is 18.4 Å². The summed E-state index contributed by atoms with van der Waals surface area (Å²) in [7, 11) is 2.09. The van der Waals surface area contributed by atoms with Crippen LogP contribution in [0.2, 0.25) is 0 Å². The summed E-state index contributed by atoms with van der Waals surface area (Å²) >= 11 is 3.50. The summed E-state index contributed by atoms with van der Waals surface area (Å²) in [5, 5.41) is 7.56. The molecule has 1 fully saturated rings. The van der Waals surface area contributed by atoms with Crippen LogP contribution in [0.25, 0.3) is 0 Å². The van der Waals surface area contributed by atoms with E-state index in [2.05, 4.69) is 56.6 Å². The summed E-state index contributed by atoms with van der Waals surface area (Å²) in [4.78, 5) is 2.22. The lowest BCUT2D eigenvalue weighted by molar-refractivity contribution is 0.265. The van der Waals surface area contributed by atoms with Crippen LogP contribution in [0.1, 0.15) is 29.9 Å². The second-order valence-electron chi connectivity index (χ2n) is 5.74. The topological polar surface area (TPSA) is 41.3 Å². The zero-order chi connectivity index (χ0) is 14.7. The Morgan fingerprint density at radius 2 is 2.19 bits per heavy atom. The third-order valence-electron chi connectivity index (χ3n) is 3.52. The van der Waals surface area contributed by atoms with Gasteiger partial charge in [0.15, 0.2) is 5.76 Å². The summed E-state index contributed by atoms with van der Waals surface area (Å²) in [6.45, 7) is 2.46. The molecule has 0 unspecified atom stereocenters. The van der Waals surface area contributed by atoms with Gasteiger partial charge in [-0.25, -0.2) is 0 Å². The summed E-state index contributed by atoms with van der Waals surface area (Å²) in [5.41, 5.74) is 2.27. The fraction of sp³-hybridized carbons (Fsp3) is 0.438. The lowest BCUT2D eigenvalue weighted by Crippen LogP contribution is -2.17. The summed E-state index contributed by atoms with van der Waals surface area (Å²) in [5.74, 6) is 0.917. The normalized spacial score (nSPS) is 14.8.